The van der Waals surface area contributed by atoms with E-state index in [-0.39, 0.29) is 41.0 Å². The van der Waals surface area contributed by atoms with E-state index in [4.69, 9.17) is 13.3 Å². The Hall–Kier alpha value is -1.93. The van der Waals surface area contributed by atoms with Crippen molar-refractivity contribution in [1.82, 2.24) is 9.55 Å². The zero-order valence-corrected chi connectivity index (χ0v) is 25.3. The van der Waals surface area contributed by atoms with E-state index in [1.165, 1.54) is 19.2 Å². The number of nitrogens with zero attached hydrogens (tertiary/aromatic N) is 3. The number of amides is 1. The van der Waals surface area contributed by atoms with Gasteiger partial charge in [0.05, 0.1) is 21.3 Å². The van der Waals surface area contributed by atoms with Crippen LogP contribution in [0.15, 0.2) is 17.1 Å². The molecule has 0 saturated carbocycles. The van der Waals surface area contributed by atoms with Crippen LogP contribution in [0.25, 0.3) is 0 Å². The molecule has 0 bridgehead atoms. The first-order valence-corrected chi connectivity index (χ1v) is 16.7. The molecule has 2 unspecified atom stereocenters. The highest BCUT2D eigenvalue weighted by molar-refractivity contribution is 6.82. The van der Waals surface area contributed by atoms with Crippen molar-refractivity contribution in [2.45, 2.75) is 109 Å². The van der Waals surface area contributed by atoms with Crippen LogP contribution in [0.3, 0.4) is 0 Å². The Labute approximate surface area is 221 Å². The predicted molar refractivity (Wildman–Crippen MR) is 141 cm³/mol. The highest BCUT2D eigenvalue weighted by Crippen LogP contribution is 2.43. The van der Waals surface area contributed by atoms with Crippen LogP contribution in [0.5, 0.6) is 0 Å². The lowest BCUT2D eigenvalue weighted by Gasteiger charge is -2.53. The van der Waals surface area contributed by atoms with Crippen LogP contribution in [-0.2, 0) is 18.1 Å². The number of aromatic nitrogens is 2. The molecule has 0 aromatic carbocycles. The van der Waals surface area contributed by atoms with Gasteiger partial charge >= 0.3 is 14.3 Å². The summed E-state index contributed by atoms with van der Waals surface area (Å²) >= 11 is 0. The summed E-state index contributed by atoms with van der Waals surface area (Å²) in [5, 5.41) is 23.2. The van der Waals surface area contributed by atoms with Crippen molar-refractivity contribution in [1.29, 1.82) is 5.26 Å². The van der Waals surface area contributed by atoms with Crippen LogP contribution in [0.1, 0.15) is 75.0 Å². The predicted octanol–water partition coefficient (Wildman–Crippen LogP) is 2.66. The number of anilines is 1. The fourth-order valence-electron chi connectivity index (χ4n) is 4.77. The Balaban J connectivity index is 2.33. The van der Waals surface area contributed by atoms with Gasteiger partial charge in [-0.05, 0) is 28.2 Å². The van der Waals surface area contributed by atoms with E-state index in [0.29, 0.717) is 0 Å². The fourth-order valence-corrected chi connectivity index (χ4v) is 14.5. The van der Waals surface area contributed by atoms with Crippen molar-refractivity contribution >= 4 is 28.8 Å². The second kappa shape index (κ2) is 11.9. The summed E-state index contributed by atoms with van der Waals surface area (Å²) in [4.78, 5) is 41.6. The average molecular weight is 554 g/mol. The third-order valence-corrected chi connectivity index (χ3v) is 16.5. The van der Waals surface area contributed by atoms with Gasteiger partial charge in [-0.15, -0.1) is 0 Å². The SMILES string of the molecule is CC(=O)Nc1ccn([C@@H]2OC(CO[Si](O[Si]([O-])(C(C)C)C(C)C)(C(C)C)C(C)C)CC2(O)C#N)c(=O)n1. The Morgan fingerprint density at radius 1 is 1.27 bits per heavy atom. The van der Waals surface area contributed by atoms with Crippen molar-refractivity contribution in [3.05, 3.63) is 22.7 Å². The molecule has 37 heavy (non-hydrogen) atoms. The molecule has 0 radical (unpaired) electrons. The maximum atomic E-state index is 13.9. The third-order valence-electron chi connectivity index (χ3n) is 6.88. The van der Waals surface area contributed by atoms with E-state index in [1.54, 1.807) is 0 Å². The molecule has 2 N–H and O–H groups in total. The number of ether oxygens (including phenoxy) is 1. The minimum absolute atomic E-state index is 0.00407. The number of nitrogens with one attached hydrogen (secondary N) is 1. The maximum absolute atomic E-state index is 13.9. The van der Waals surface area contributed by atoms with Gasteiger partial charge < -0.3 is 28.5 Å². The molecule has 0 spiro atoms. The lowest BCUT2D eigenvalue weighted by Crippen LogP contribution is -2.66. The van der Waals surface area contributed by atoms with Crippen LogP contribution in [-0.4, -0.2) is 56.0 Å². The summed E-state index contributed by atoms with van der Waals surface area (Å²) in [6.07, 6.45) is -0.857. The molecule has 11 nitrogen and oxygen atoms in total. The van der Waals surface area contributed by atoms with Gasteiger partial charge in [0.2, 0.25) is 5.91 Å². The molecular formula is C24H41N4O7Si2-. The summed E-state index contributed by atoms with van der Waals surface area (Å²) in [5.41, 5.74) is -3.19. The normalized spacial score (nSPS) is 22.8. The molecule has 13 heteroatoms. The smallest absolute Gasteiger partial charge is 0.351 e. The van der Waals surface area contributed by atoms with E-state index in [9.17, 15) is 24.8 Å². The van der Waals surface area contributed by atoms with Gasteiger partial charge in [-0.25, -0.2) is 4.79 Å². The highest BCUT2D eigenvalue weighted by atomic mass is 28.5. The molecular weight excluding hydrogens is 512 g/mol. The summed E-state index contributed by atoms with van der Waals surface area (Å²) in [6.45, 7) is 16.9. The monoisotopic (exact) mass is 553 g/mol. The minimum atomic E-state index is -3.41. The Kier molecular flexibility index (Phi) is 10.0. The second-order valence-corrected chi connectivity index (χ2v) is 19.6. The molecule has 208 valence electrons. The molecule has 1 fully saturated rings. The minimum Gasteiger partial charge on any atom is -0.838 e. The van der Waals surface area contributed by atoms with Crippen molar-refractivity contribution in [3.8, 4) is 6.07 Å². The van der Waals surface area contributed by atoms with Gasteiger partial charge in [0.25, 0.3) is 0 Å². The van der Waals surface area contributed by atoms with Crippen molar-refractivity contribution < 1.29 is 28.0 Å². The fraction of sp³-hybridized carbons (Fsp3) is 0.750. The first-order valence-electron chi connectivity index (χ1n) is 12.7. The van der Waals surface area contributed by atoms with Gasteiger partial charge in [-0.3, -0.25) is 9.36 Å². The molecule has 1 saturated heterocycles. The Bertz CT molecular complexity index is 1040. The zero-order valence-electron chi connectivity index (χ0n) is 23.3. The summed E-state index contributed by atoms with van der Waals surface area (Å²) in [7, 11) is -6.49. The number of rotatable bonds is 11. The number of hydrogen-bond donors (Lipinski definition) is 2. The molecule has 0 aliphatic carbocycles. The van der Waals surface area contributed by atoms with Crippen molar-refractivity contribution in [3.63, 3.8) is 0 Å². The number of aliphatic hydroxyl groups is 1. The number of hydrogen-bond acceptors (Lipinski definition) is 9. The summed E-state index contributed by atoms with van der Waals surface area (Å²) in [5.74, 6) is -0.340. The van der Waals surface area contributed by atoms with Gasteiger partial charge in [0, 0.05) is 19.5 Å². The highest BCUT2D eigenvalue weighted by Gasteiger charge is 2.53. The van der Waals surface area contributed by atoms with Gasteiger partial charge in [0.15, 0.2) is 11.8 Å². The molecule has 2 heterocycles. The summed E-state index contributed by atoms with van der Waals surface area (Å²) in [6, 6.07) is 3.24. The molecule has 1 aromatic rings. The van der Waals surface area contributed by atoms with E-state index in [2.05, 4.69) is 10.3 Å². The third kappa shape index (κ3) is 6.56. The van der Waals surface area contributed by atoms with Crippen LogP contribution >= 0.6 is 0 Å². The lowest BCUT2D eigenvalue weighted by molar-refractivity contribution is -0.240. The molecule has 1 aliphatic heterocycles. The standard InChI is InChI=1S/C24H41N4O7Si2/c1-15(2)36(32,16(3)4)35-37(17(5)6,18(7)8)33-13-20-12-24(31,14-25)22(34-20)28-11-10-21(26-19(9)29)27-23(28)30/h10-11,15-18,20,22,31H,12-13H2,1-9H3,(H,26,27,29,30)/q-1/t20?,22-,24?/m1/s1. The first kappa shape index (κ1) is 31.3. The van der Waals surface area contributed by atoms with Crippen molar-refractivity contribution in [2.75, 3.05) is 11.9 Å². The van der Waals surface area contributed by atoms with Crippen LogP contribution < -0.4 is 15.8 Å². The average Bonchev–Trinajstić information content (AvgIpc) is 3.12. The quantitative estimate of drug-likeness (QED) is 0.310. The molecule has 1 aliphatic rings. The van der Waals surface area contributed by atoms with E-state index in [0.717, 1.165) is 4.57 Å². The van der Waals surface area contributed by atoms with E-state index in [1.807, 2.05) is 61.5 Å². The van der Waals surface area contributed by atoms with Gasteiger partial charge in [-0.1, -0.05) is 55.4 Å². The van der Waals surface area contributed by atoms with Crippen molar-refractivity contribution in [2.24, 2.45) is 0 Å². The molecule has 2 rings (SSSR count). The summed E-state index contributed by atoms with van der Waals surface area (Å²) < 4.78 is 20.1. The molecule has 3 atom stereocenters. The Morgan fingerprint density at radius 2 is 1.84 bits per heavy atom. The topological polar surface area (TPSA) is 159 Å². The molecule has 1 aromatic heterocycles. The lowest BCUT2D eigenvalue weighted by atomic mass is 9.99. The molecule has 1 amide bonds. The van der Waals surface area contributed by atoms with E-state index < -0.39 is 46.7 Å². The van der Waals surface area contributed by atoms with Crippen LogP contribution in [0.2, 0.25) is 22.2 Å². The van der Waals surface area contributed by atoms with Gasteiger partial charge in [0.1, 0.15) is 11.9 Å². The van der Waals surface area contributed by atoms with Crippen LogP contribution in [0.4, 0.5) is 5.82 Å². The van der Waals surface area contributed by atoms with Crippen LogP contribution in [0, 0.1) is 11.3 Å². The maximum Gasteiger partial charge on any atom is 0.351 e. The number of carbonyl (C=O) groups excluding carboxylic acids is 1. The van der Waals surface area contributed by atoms with Gasteiger partial charge in [-0.2, -0.15) is 10.2 Å². The Morgan fingerprint density at radius 3 is 2.27 bits per heavy atom. The second-order valence-electron chi connectivity index (χ2n) is 11.0. The largest absolute Gasteiger partial charge is 0.838 e. The van der Waals surface area contributed by atoms with E-state index >= 15 is 0 Å². The number of nitriles is 1. The number of carbonyl (C=O) groups is 1. The first-order chi connectivity index (χ1) is 17.0. The zero-order chi connectivity index (χ0) is 28.3.